The number of rotatable bonds is 4. The molecule has 1 atom stereocenters. The molecule has 0 fully saturated rings. The van der Waals surface area contributed by atoms with E-state index in [1.165, 1.54) is 22.3 Å². The van der Waals surface area contributed by atoms with E-state index in [9.17, 15) is 0 Å². The Morgan fingerprint density at radius 1 is 1.21 bits per heavy atom. The molecule has 1 aromatic carbocycles. The van der Waals surface area contributed by atoms with Gasteiger partial charge in [-0.2, -0.15) is 5.10 Å². The van der Waals surface area contributed by atoms with Crippen LogP contribution in [0.15, 0.2) is 24.4 Å². The number of aromatic nitrogens is 2. The van der Waals surface area contributed by atoms with E-state index < -0.39 is 0 Å². The summed E-state index contributed by atoms with van der Waals surface area (Å²) in [5, 5.41) is 7.94. The summed E-state index contributed by atoms with van der Waals surface area (Å²) in [5.74, 6) is 0. The highest BCUT2D eigenvalue weighted by atomic mass is 15.3. The first-order valence-electron chi connectivity index (χ1n) is 6.77. The second-order valence-electron chi connectivity index (χ2n) is 5.40. The first-order chi connectivity index (χ1) is 8.97. The number of benzene rings is 1. The molecule has 0 spiro atoms. The Kier molecular flexibility index (Phi) is 4.05. The van der Waals surface area contributed by atoms with Crippen molar-refractivity contribution in [1.29, 1.82) is 0 Å². The van der Waals surface area contributed by atoms with Gasteiger partial charge in [0.15, 0.2) is 0 Å². The van der Waals surface area contributed by atoms with Gasteiger partial charge in [0.1, 0.15) is 0 Å². The van der Waals surface area contributed by atoms with E-state index in [0.717, 1.165) is 12.2 Å². The molecule has 2 rings (SSSR count). The standard InChI is InChI=1S/C16H23N3/c1-11-8-12(2)16(13(3)9-11)14(4)17-10-15-6-7-19(5)18-15/h6-9,14,17H,10H2,1-5H3. The predicted molar refractivity (Wildman–Crippen MR) is 79.1 cm³/mol. The van der Waals surface area contributed by atoms with Crippen molar-refractivity contribution in [2.75, 3.05) is 0 Å². The topological polar surface area (TPSA) is 29.9 Å². The number of nitrogens with zero attached hydrogens (tertiary/aromatic N) is 2. The van der Waals surface area contributed by atoms with E-state index in [1.807, 2.05) is 17.9 Å². The smallest absolute Gasteiger partial charge is 0.0762 e. The van der Waals surface area contributed by atoms with Gasteiger partial charge >= 0.3 is 0 Å². The summed E-state index contributed by atoms with van der Waals surface area (Å²) in [7, 11) is 1.95. The van der Waals surface area contributed by atoms with E-state index in [2.05, 4.69) is 56.3 Å². The minimum atomic E-state index is 0.336. The average Bonchev–Trinajstić information content (AvgIpc) is 2.71. The van der Waals surface area contributed by atoms with Crippen LogP contribution in [0.2, 0.25) is 0 Å². The molecule has 1 N–H and O–H groups in total. The fourth-order valence-electron chi connectivity index (χ4n) is 2.79. The van der Waals surface area contributed by atoms with Gasteiger partial charge in [-0.25, -0.2) is 0 Å². The Hall–Kier alpha value is -1.61. The molecule has 1 aromatic heterocycles. The third kappa shape index (κ3) is 3.24. The summed E-state index contributed by atoms with van der Waals surface area (Å²) in [6.07, 6.45) is 1.98. The van der Waals surface area contributed by atoms with Gasteiger partial charge in [0.2, 0.25) is 0 Å². The van der Waals surface area contributed by atoms with Crippen molar-refractivity contribution < 1.29 is 0 Å². The molecule has 0 amide bonds. The first kappa shape index (κ1) is 13.8. The summed E-state index contributed by atoms with van der Waals surface area (Å²) >= 11 is 0. The molecule has 1 unspecified atom stereocenters. The molecule has 0 saturated heterocycles. The van der Waals surface area contributed by atoms with Gasteiger partial charge in [-0.3, -0.25) is 4.68 Å². The zero-order valence-electron chi connectivity index (χ0n) is 12.5. The molecule has 1 heterocycles. The lowest BCUT2D eigenvalue weighted by molar-refractivity contribution is 0.557. The van der Waals surface area contributed by atoms with Crippen LogP contribution in [0.5, 0.6) is 0 Å². The number of aryl methyl sites for hydroxylation is 4. The zero-order valence-corrected chi connectivity index (χ0v) is 12.5. The molecular weight excluding hydrogens is 234 g/mol. The van der Waals surface area contributed by atoms with Gasteiger partial charge in [-0.05, 0) is 50.5 Å². The summed E-state index contributed by atoms with van der Waals surface area (Å²) in [6, 6.07) is 6.89. The molecule has 2 aromatic rings. The van der Waals surface area contributed by atoms with Crippen molar-refractivity contribution in [3.8, 4) is 0 Å². The fraction of sp³-hybridized carbons (Fsp3) is 0.438. The quantitative estimate of drug-likeness (QED) is 0.911. The highest BCUT2D eigenvalue weighted by molar-refractivity contribution is 5.39. The largest absolute Gasteiger partial charge is 0.304 e. The van der Waals surface area contributed by atoms with E-state index in [-0.39, 0.29) is 0 Å². The van der Waals surface area contributed by atoms with E-state index in [4.69, 9.17) is 0 Å². The molecule has 0 aliphatic heterocycles. The summed E-state index contributed by atoms with van der Waals surface area (Å²) in [5.41, 5.74) is 6.53. The molecule has 0 saturated carbocycles. The Morgan fingerprint density at radius 3 is 2.37 bits per heavy atom. The van der Waals surface area contributed by atoms with E-state index >= 15 is 0 Å². The van der Waals surface area contributed by atoms with Crippen molar-refractivity contribution in [3.63, 3.8) is 0 Å². The summed E-state index contributed by atoms with van der Waals surface area (Å²) < 4.78 is 1.84. The van der Waals surface area contributed by atoms with Crippen LogP contribution < -0.4 is 5.32 Å². The van der Waals surface area contributed by atoms with Crippen LogP contribution in [0.1, 0.15) is 40.9 Å². The number of hydrogen-bond acceptors (Lipinski definition) is 2. The van der Waals surface area contributed by atoms with Gasteiger partial charge in [-0.1, -0.05) is 17.7 Å². The van der Waals surface area contributed by atoms with Crippen LogP contribution in [0, 0.1) is 20.8 Å². The predicted octanol–water partition coefficient (Wildman–Crippen LogP) is 3.20. The minimum Gasteiger partial charge on any atom is -0.304 e. The Balaban J connectivity index is 2.10. The molecule has 3 heteroatoms. The molecule has 102 valence electrons. The Bertz CT molecular complexity index is 546. The highest BCUT2D eigenvalue weighted by Gasteiger charge is 2.11. The van der Waals surface area contributed by atoms with Gasteiger partial charge in [0, 0.05) is 25.8 Å². The lowest BCUT2D eigenvalue weighted by Gasteiger charge is -2.19. The Labute approximate surface area is 115 Å². The molecular formula is C16H23N3. The van der Waals surface area contributed by atoms with Crippen LogP contribution in [-0.4, -0.2) is 9.78 Å². The van der Waals surface area contributed by atoms with Crippen molar-refractivity contribution in [1.82, 2.24) is 15.1 Å². The number of nitrogens with one attached hydrogen (secondary N) is 1. The normalized spacial score (nSPS) is 12.7. The highest BCUT2D eigenvalue weighted by Crippen LogP contribution is 2.23. The van der Waals surface area contributed by atoms with Crippen LogP contribution in [0.4, 0.5) is 0 Å². The fourth-order valence-corrected chi connectivity index (χ4v) is 2.79. The second kappa shape index (κ2) is 5.57. The van der Waals surface area contributed by atoms with Crippen LogP contribution in [-0.2, 0) is 13.6 Å². The van der Waals surface area contributed by atoms with Crippen LogP contribution >= 0.6 is 0 Å². The monoisotopic (exact) mass is 257 g/mol. The minimum absolute atomic E-state index is 0.336. The lowest BCUT2D eigenvalue weighted by Crippen LogP contribution is -2.20. The third-order valence-corrected chi connectivity index (χ3v) is 3.53. The molecule has 0 bridgehead atoms. The van der Waals surface area contributed by atoms with Crippen molar-refractivity contribution in [2.24, 2.45) is 7.05 Å². The van der Waals surface area contributed by atoms with Crippen molar-refractivity contribution >= 4 is 0 Å². The average molecular weight is 257 g/mol. The lowest BCUT2D eigenvalue weighted by atomic mass is 9.95. The third-order valence-electron chi connectivity index (χ3n) is 3.53. The van der Waals surface area contributed by atoms with Crippen LogP contribution in [0.3, 0.4) is 0 Å². The van der Waals surface area contributed by atoms with E-state index in [1.54, 1.807) is 0 Å². The maximum Gasteiger partial charge on any atom is 0.0762 e. The second-order valence-corrected chi connectivity index (χ2v) is 5.40. The molecule has 0 aliphatic carbocycles. The van der Waals surface area contributed by atoms with Gasteiger partial charge in [-0.15, -0.1) is 0 Å². The molecule has 3 nitrogen and oxygen atoms in total. The first-order valence-corrected chi connectivity index (χ1v) is 6.77. The molecule has 0 radical (unpaired) electrons. The van der Waals surface area contributed by atoms with Crippen LogP contribution in [0.25, 0.3) is 0 Å². The van der Waals surface area contributed by atoms with Gasteiger partial charge in [0.25, 0.3) is 0 Å². The molecule has 19 heavy (non-hydrogen) atoms. The number of hydrogen-bond donors (Lipinski definition) is 1. The summed E-state index contributed by atoms with van der Waals surface area (Å²) in [6.45, 7) is 9.54. The van der Waals surface area contributed by atoms with Crippen molar-refractivity contribution in [3.05, 3.63) is 52.3 Å². The maximum atomic E-state index is 4.39. The SMILES string of the molecule is Cc1cc(C)c(C(C)NCc2ccn(C)n2)c(C)c1. The Morgan fingerprint density at radius 2 is 1.84 bits per heavy atom. The zero-order chi connectivity index (χ0) is 14.0. The maximum absolute atomic E-state index is 4.39. The summed E-state index contributed by atoms with van der Waals surface area (Å²) in [4.78, 5) is 0. The van der Waals surface area contributed by atoms with Crippen molar-refractivity contribution in [2.45, 2.75) is 40.3 Å². The van der Waals surface area contributed by atoms with Gasteiger partial charge in [0.05, 0.1) is 5.69 Å². The van der Waals surface area contributed by atoms with E-state index in [0.29, 0.717) is 6.04 Å². The molecule has 0 aliphatic rings. The van der Waals surface area contributed by atoms with Gasteiger partial charge < -0.3 is 5.32 Å².